The predicted octanol–water partition coefficient (Wildman–Crippen LogP) is 4.92. The highest BCUT2D eigenvalue weighted by molar-refractivity contribution is 6.15. The molecule has 0 amide bonds. The number of pyridine rings is 2. The summed E-state index contributed by atoms with van der Waals surface area (Å²) in [6, 6.07) is 6.78. The molecular formula is C24H17F4N7O. The van der Waals surface area contributed by atoms with Crippen molar-refractivity contribution in [2.75, 3.05) is 11.9 Å². The van der Waals surface area contributed by atoms with Crippen molar-refractivity contribution in [1.29, 1.82) is 5.26 Å². The van der Waals surface area contributed by atoms with Gasteiger partial charge < -0.3 is 15.4 Å². The van der Waals surface area contributed by atoms with Gasteiger partial charge in [0.2, 0.25) is 0 Å². The van der Waals surface area contributed by atoms with Crippen molar-refractivity contribution in [1.82, 2.24) is 24.7 Å². The molecular weight excluding hydrogens is 478 g/mol. The lowest BCUT2D eigenvalue weighted by Gasteiger charge is -2.14. The molecule has 4 aromatic heterocycles. The van der Waals surface area contributed by atoms with Gasteiger partial charge in [0.15, 0.2) is 5.69 Å². The molecule has 182 valence electrons. The van der Waals surface area contributed by atoms with E-state index in [2.05, 4.69) is 25.4 Å². The Morgan fingerprint density at radius 2 is 1.97 bits per heavy atom. The molecule has 0 unspecified atom stereocenters. The minimum atomic E-state index is -4.77. The zero-order valence-corrected chi connectivity index (χ0v) is 18.7. The Bertz CT molecular complexity index is 1660. The summed E-state index contributed by atoms with van der Waals surface area (Å²) in [6.07, 6.45) is -0.591. The standard InChI is InChI=1S/C24H17F4N7O/c1-2-31-18-5-14(25)4-16-20-22(35-15(11-36)6-19(34-35)24(26,27)28)17(10-32-23(20)33-21(16)18)13-3-12(7-29)8-30-9-13/h3-6,8-10,31,36H,2,11H2,1H3,(H,32,33). The van der Waals surface area contributed by atoms with E-state index in [0.717, 1.165) is 10.7 Å². The van der Waals surface area contributed by atoms with E-state index in [0.29, 0.717) is 28.7 Å². The number of hydrogen-bond acceptors (Lipinski definition) is 6. The van der Waals surface area contributed by atoms with E-state index >= 15 is 0 Å². The zero-order valence-electron chi connectivity index (χ0n) is 18.7. The number of aromatic nitrogens is 5. The SMILES string of the molecule is CCNc1cc(F)cc2c1[nH]c1ncc(-c3cncc(C#N)c3)c(-n3nc(C(F)(F)F)cc3CO)c12. The lowest BCUT2D eigenvalue weighted by atomic mass is 10.0. The largest absolute Gasteiger partial charge is 0.435 e. The summed E-state index contributed by atoms with van der Waals surface area (Å²) in [6.45, 7) is 1.59. The molecule has 12 heteroatoms. The number of aromatic amines is 1. The number of rotatable bonds is 5. The summed E-state index contributed by atoms with van der Waals surface area (Å²) in [7, 11) is 0. The molecule has 0 saturated carbocycles. The maximum atomic E-state index is 14.7. The number of nitrogens with one attached hydrogen (secondary N) is 2. The second kappa shape index (κ2) is 8.62. The van der Waals surface area contributed by atoms with Gasteiger partial charge in [-0.3, -0.25) is 4.98 Å². The topological polar surface area (TPSA) is 115 Å². The number of alkyl halides is 3. The van der Waals surface area contributed by atoms with E-state index in [1.807, 2.05) is 13.0 Å². The molecule has 8 nitrogen and oxygen atoms in total. The third kappa shape index (κ3) is 3.79. The van der Waals surface area contributed by atoms with Gasteiger partial charge in [-0.1, -0.05) is 0 Å². The summed E-state index contributed by atoms with van der Waals surface area (Å²) in [5, 5.41) is 26.7. The van der Waals surface area contributed by atoms with Gasteiger partial charge in [-0.05, 0) is 31.2 Å². The van der Waals surface area contributed by atoms with Crippen molar-refractivity contribution in [3.05, 3.63) is 65.6 Å². The molecule has 0 bridgehead atoms. The predicted molar refractivity (Wildman–Crippen MR) is 124 cm³/mol. The van der Waals surface area contributed by atoms with Gasteiger partial charge >= 0.3 is 6.18 Å². The third-order valence-electron chi connectivity index (χ3n) is 5.66. The van der Waals surface area contributed by atoms with Crippen LogP contribution in [0.2, 0.25) is 0 Å². The Hall–Kier alpha value is -4.50. The Labute approximate surface area is 200 Å². The first-order valence-electron chi connectivity index (χ1n) is 10.8. The second-order valence-electron chi connectivity index (χ2n) is 7.94. The number of H-pyrrole nitrogens is 1. The first kappa shape index (κ1) is 23.3. The van der Waals surface area contributed by atoms with E-state index in [1.54, 1.807) is 0 Å². The van der Waals surface area contributed by atoms with Crippen molar-refractivity contribution in [2.45, 2.75) is 19.7 Å². The molecule has 0 atom stereocenters. The van der Waals surface area contributed by atoms with Crippen LogP contribution in [0.15, 0.2) is 42.9 Å². The fourth-order valence-electron chi connectivity index (χ4n) is 4.18. The quantitative estimate of drug-likeness (QED) is 0.298. The Morgan fingerprint density at radius 3 is 2.67 bits per heavy atom. The van der Waals surface area contributed by atoms with E-state index in [1.165, 1.54) is 36.8 Å². The molecule has 4 heterocycles. The molecule has 5 rings (SSSR count). The van der Waals surface area contributed by atoms with Crippen LogP contribution in [0.3, 0.4) is 0 Å². The molecule has 0 radical (unpaired) electrons. The van der Waals surface area contributed by atoms with Crippen LogP contribution in [0.5, 0.6) is 0 Å². The Kier molecular flexibility index (Phi) is 5.57. The fourth-order valence-corrected chi connectivity index (χ4v) is 4.18. The van der Waals surface area contributed by atoms with Crippen molar-refractivity contribution in [3.63, 3.8) is 0 Å². The van der Waals surface area contributed by atoms with E-state index in [-0.39, 0.29) is 33.5 Å². The van der Waals surface area contributed by atoms with Gasteiger partial charge in [0.25, 0.3) is 0 Å². The average Bonchev–Trinajstić information content (AvgIpc) is 3.46. The zero-order chi connectivity index (χ0) is 25.6. The normalized spacial score (nSPS) is 11.8. The molecule has 3 N–H and O–H groups in total. The van der Waals surface area contributed by atoms with Crippen molar-refractivity contribution in [3.8, 4) is 22.9 Å². The highest BCUT2D eigenvalue weighted by Gasteiger charge is 2.35. The van der Waals surface area contributed by atoms with Crippen LogP contribution < -0.4 is 5.32 Å². The molecule has 36 heavy (non-hydrogen) atoms. The summed E-state index contributed by atoms with van der Waals surface area (Å²) >= 11 is 0. The van der Waals surface area contributed by atoms with Gasteiger partial charge in [-0.2, -0.15) is 23.5 Å². The average molecular weight is 495 g/mol. The van der Waals surface area contributed by atoms with Gasteiger partial charge in [0.05, 0.1) is 40.1 Å². The highest BCUT2D eigenvalue weighted by Crippen LogP contribution is 2.40. The molecule has 0 saturated heterocycles. The van der Waals surface area contributed by atoms with Gasteiger partial charge in [0, 0.05) is 41.6 Å². The smallest absolute Gasteiger partial charge is 0.390 e. The minimum absolute atomic E-state index is 0.121. The number of nitriles is 1. The van der Waals surface area contributed by atoms with Crippen LogP contribution in [0, 0.1) is 17.1 Å². The lowest BCUT2D eigenvalue weighted by Crippen LogP contribution is -2.09. The van der Waals surface area contributed by atoms with Gasteiger partial charge in [-0.25, -0.2) is 14.1 Å². The van der Waals surface area contributed by atoms with Crippen molar-refractivity contribution in [2.24, 2.45) is 0 Å². The van der Waals surface area contributed by atoms with E-state index in [4.69, 9.17) is 0 Å². The van der Waals surface area contributed by atoms with Crippen molar-refractivity contribution < 1.29 is 22.7 Å². The summed E-state index contributed by atoms with van der Waals surface area (Å²) in [5.41, 5.74) is 0.877. The number of hydrogen-bond donors (Lipinski definition) is 3. The lowest BCUT2D eigenvalue weighted by molar-refractivity contribution is -0.141. The summed E-state index contributed by atoms with van der Waals surface area (Å²) in [4.78, 5) is 11.6. The van der Waals surface area contributed by atoms with E-state index in [9.17, 15) is 27.9 Å². The number of aliphatic hydroxyl groups is 1. The summed E-state index contributed by atoms with van der Waals surface area (Å²) < 4.78 is 56.4. The molecule has 0 aliphatic carbocycles. The second-order valence-corrected chi connectivity index (χ2v) is 7.94. The van der Waals surface area contributed by atoms with E-state index < -0.39 is 24.3 Å². The number of anilines is 1. The molecule has 0 aliphatic rings. The summed E-state index contributed by atoms with van der Waals surface area (Å²) in [5.74, 6) is -0.567. The molecule has 1 aromatic carbocycles. The minimum Gasteiger partial charge on any atom is -0.390 e. The van der Waals surface area contributed by atoms with Gasteiger partial charge in [0.1, 0.15) is 17.5 Å². The maximum Gasteiger partial charge on any atom is 0.435 e. The molecule has 0 aliphatic heterocycles. The van der Waals surface area contributed by atoms with Crippen LogP contribution in [0.4, 0.5) is 23.2 Å². The van der Waals surface area contributed by atoms with Crippen LogP contribution in [-0.4, -0.2) is 36.4 Å². The van der Waals surface area contributed by atoms with Crippen LogP contribution in [0.1, 0.15) is 23.9 Å². The number of halogens is 4. The van der Waals surface area contributed by atoms with Crippen molar-refractivity contribution >= 4 is 27.6 Å². The highest BCUT2D eigenvalue weighted by atomic mass is 19.4. The number of nitrogens with zero attached hydrogens (tertiary/aromatic N) is 5. The van der Waals surface area contributed by atoms with Crippen LogP contribution in [-0.2, 0) is 12.8 Å². The third-order valence-corrected chi connectivity index (χ3v) is 5.66. The fraction of sp³-hybridized carbons (Fsp3) is 0.167. The number of benzene rings is 1. The molecule has 0 spiro atoms. The Balaban J connectivity index is 1.95. The van der Waals surface area contributed by atoms with Crippen LogP contribution >= 0.6 is 0 Å². The number of fused-ring (bicyclic) bond motifs is 3. The number of aliphatic hydroxyl groups excluding tert-OH is 1. The maximum absolute atomic E-state index is 14.7. The first-order chi connectivity index (χ1) is 17.2. The van der Waals surface area contributed by atoms with Crippen LogP contribution in [0.25, 0.3) is 38.8 Å². The molecule has 0 fully saturated rings. The van der Waals surface area contributed by atoms with Gasteiger partial charge in [-0.15, -0.1) is 0 Å². The molecule has 5 aromatic rings. The first-order valence-corrected chi connectivity index (χ1v) is 10.8. The Morgan fingerprint density at radius 1 is 1.17 bits per heavy atom. The monoisotopic (exact) mass is 495 g/mol.